The summed E-state index contributed by atoms with van der Waals surface area (Å²) in [7, 11) is -4.13. The number of hydrogen-bond acceptors (Lipinski definition) is 3. The number of benzene rings is 1. The second-order valence-corrected chi connectivity index (χ2v) is 5.04. The summed E-state index contributed by atoms with van der Waals surface area (Å²) >= 11 is 16.8. The molecule has 0 amide bonds. The first kappa shape index (κ1) is 11.5. The minimum absolute atomic E-state index is 0.0117. The molecule has 1 aromatic rings. The van der Waals surface area contributed by atoms with E-state index in [-0.39, 0.29) is 20.4 Å². The van der Waals surface area contributed by atoms with Crippen LogP contribution in [0.3, 0.4) is 0 Å². The van der Waals surface area contributed by atoms with Crippen LogP contribution in [0.1, 0.15) is 0 Å². The molecule has 0 aliphatic heterocycles. The van der Waals surface area contributed by atoms with Gasteiger partial charge < -0.3 is 0 Å². The minimum atomic E-state index is -4.13. The van der Waals surface area contributed by atoms with Gasteiger partial charge in [-0.25, -0.2) is 0 Å². The van der Waals surface area contributed by atoms with Gasteiger partial charge in [0.2, 0.25) is 5.30 Å². The van der Waals surface area contributed by atoms with Crippen LogP contribution in [0, 0.1) is 0 Å². The van der Waals surface area contributed by atoms with Gasteiger partial charge in [0.1, 0.15) is 5.02 Å². The van der Waals surface area contributed by atoms with Crippen LogP contribution >= 0.6 is 42.7 Å². The van der Waals surface area contributed by atoms with E-state index < -0.39 is 7.94 Å². The van der Waals surface area contributed by atoms with Gasteiger partial charge in [0, 0.05) is 0 Å². The van der Waals surface area contributed by atoms with Crippen LogP contribution in [0.5, 0.6) is 0 Å². The molecule has 0 radical (unpaired) electrons. The van der Waals surface area contributed by atoms with Crippen LogP contribution in [0.2, 0.25) is 15.1 Å². The summed E-state index contributed by atoms with van der Waals surface area (Å²) < 4.78 is 0. The summed E-state index contributed by atoms with van der Waals surface area (Å²) in [6.07, 6.45) is 0. The molecule has 0 unspecified atom stereocenters. The van der Waals surface area contributed by atoms with Crippen LogP contribution in [0.4, 0.5) is 0 Å². The lowest BCUT2D eigenvalue weighted by Crippen LogP contribution is -2.11. The fourth-order valence-electron chi connectivity index (χ4n) is 0.747. The van der Waals surface area contributed by atoms with E-state index in [0.717, 1.165) is 0 Å². The fraction of sp³-hybridized carbons (Fsp3) is 0. The van der Waals surface area contributed by atoms with Gasteiger partial charge in [-0.05, 0) is 12.1 Å². The van der Waals surface area contributed by atoms with Crippen molar-refractivity contribution >= 4 is 48.1 Å². The van der Waals surface area contributed by atoms with E-state index in [0.29, 0.717) is 0 Å². The van der Waals surface area contributed by atoms with E-state index in [1.165, 1.54) is 12.1 Å². The molecule has 0 atom stereocenters. The molecule has 72 valence electrons. The molecule has 0 fully saturated rings. The van der Waals surface area contributed by atoms with E-state index in [1.54, 1.807) is 0 Å². The van der Waals surface area contributed by atoms with E-state index in [1.807, 2.05) is 0 Å². The normalized spacial score (nSPS) is 11.8. The molecule has 7 heteroatoms. The average molecular weight is 262 g/mol. The Hall–Kier alpha value is 0.400. The molecule has 1 rings (SSSR count). The van der Waals surface area contributed by atoms with Crippen LogP contribution in [0.15, 0.2) is 12.1 Å². The molecule has 0 aliphatic carbocycles. The van der Waals surface area contributed by atoms with Crippen molar-refractivity contribution in [3.05, 3.63) is 27.2 Å². The first-order chi connectivity index (χ1) is 5.84. The third-order valence-electron chi connectivity index (χ3n) is 1.34. The first-order valence-corrected chi connectivity index (χ1v) is 5.83. The summed E-state index contributed by atoms with van der Waals surface area (Å²) in [6, 6.07) is 2.53. The Morgan fingerprint density at radius 1 is 0.923 bits per heavy atom. The molecule has 0 saturated carbocycles. The monoisotopic (exact) mass is 261 g/mol. The van der Waals surface area contributed by atoms with Crippen LogP contribution in [0.25, 0.3) is 0 Å². The van der Waals surface area contributed by atoms with Gasteiger partial charge in [-0.3, -0.25) is 0 Å². The molecule has 3 nitrogen and oxygen atoms in total. The molecular formula is C6H5Cl3O3P+. The second kappa shape index (κ2) is 3.87. The predicted molar refractivity (Wildman–Crippen MR) is 54.7 cm³/mol. The Morgan fingerprint density at radius 3 is 1.92 bits per heavy atom. The van der Waals surface area contributed by atoms with Crippen molar-refractivity contribution in [1.82, 2.24) is 0 Å². The van der Waals surface area contributed by atoms with Gasteiger partial charge >= 0.3 is 7.94 Å². The molecule has 0 saturated heterocycles. The number of hydrogen-bond donors (Lipinski definition) is 3. The molecule has 0 aliphatic rings. The van der Waals surface area contributed by atoms with Crippen molar-refractivity contribution in [2.45, 2.75) is 0 Å². The van der Waals surface area contributed by atoms with Gasteiger partial charge in [-0.1, -0.05) is 34.8 Å². The maximum atomic E-state index is 8.92. The highest BCUT2D eigenvalue weighted by Gasteiger charge is 2.38. The lowest BCUT2D eigenvalue weighted by Gasteiger charge is -2.06. The lowest BCUT2D eigenvalue weighted by atomic mass is 10.4. The first-order valence-electron chi connectivity index (χ1n) is 3.05. The third kappa shape index (κ3) is 2.45. The van der Waals surface area contributed by atoms with Gasteiger partial charge in [0.25, 0.3) is 0 Å². The second-order valence-electron chi connectivity index (χ2n) is 2.26. The summed E-state index contributed by atoms with van der Waals surface area (Å²) in [4.78, 5) is 26.8. The lowest BCUT2D eigenvalue weighted by molar-refractivity contribution is 0.347. The highest BCUT2D eigenvalue weighted by atomic mass is 35.5. The molecule has 0 spiro atoms. The molecule has 0 bridgehead atoms. The zero-order valence-corrected chi connectivity index (χ0v) is 9.24. The Balaban J connectivity index is 3.35. The van der Waals surface area contributed by atoms with Crippen molar-refractivity contribution < 1.29 is 14.7 Å². The smallest absolute Gasteiger partial charge is 0.189 e. The Kier molecular flexibility index (Phi) is 3.42. The number of rotatable bonds is 1. The van der Waals surface area contributed by atoms with Crippen LogP contribution in [-0.2, 0) is 0 Å². The largest absolute Gasteiger partial charge is 0.442 e. The van der Waals surface area contributed by atoms with Crippen molar-refractivity contribution in [1.29, 1.82) is 0 Å². The van der Waals surface area contributed by atoms with Crippen molar-refractivity contribution in [2.75, 3.05) is 0 Å². The van der Waals surface area contributed by atoms with Crippen LogP contribution < -0.4 is 5.30 Å². The van der Waals surface area contributed by atoms with Gasteiger partial charge in [-0.2, -0.15) is 14.7 Å². The minimum Gasteiger partial charge on any atom is -0.189 e. The maximum Gasteiger partial charge on any atom is 0.442 e. The van der Waals surface area contributed by atoms with E-state index in [9.17, 15) is 0 Å². The highest BCUT2D eigenvalue weighted by molar-refractivity contribution is 7.67. The molecule has 13 heavy (non-hydrogen) atoms. The Morgan fingerprint density at radius 2 is 1.46 bits per heavy atom. The molecular weight excluding hydrogens is 257 g/mol. The topological polar surface area (TPSA) is 60.7 Å². The van der Waals surface area contributed by atoms with E-state index in [4.69, 9.17) is 49.5 Å². The van der Waals surface area contributed by atoms with E-state index in [2.05, 4.69) is 0 Å². The quantitative estimate of drug-likeness (QED) is 0.536. The summed E-state index contributed by atoms with van der Waals surface area (Å²) in [5.74, 6) is 0. The Labute approximate surface area is 90.1 Å². The third-order valence-corrected chi connectivity index (χ3v) is 3.78. The van der Waals surface area contributed by atoms with Gasteiger partial charge in [0.15, 0.2) is 0 Å². The molecule has 0 heterocycles. The van der Waals surface area contributed by atoms with Crippen molar-refractivity contribution in [2.24, 2.45) is 0 Å². The number of halogens is 3. The van der Waals surface area contributed by atoms with Crippen molar-refractivity contribution in [3.8, 4) is 0 Å². The van der Waals surface area contributed by atoms with Gasteiger partial charge in [-0.15, -0.1) is 0 Å². The van der Waals surface area contributed by atoms with Crippen molar-refractivity contribution in [3.63, 3.8) is 0 Å². The fourth-order valence-corrected chi connectivity index (χ4v) is 2.34. The van der Waals surface area contributed by atoms with Gasteiger partial charge in [0.05, 0.1) is 10.0 Å². The molecule has 0 aromatic heterocycles. The standard InChI is InChI=1S/C6H5Cl3O3P/c7-3-1-2-4(13(10,11)12)6(9)5(3)8/h1-2,10-12H/q+1. The summed E-state index contributed by atoms with van der Waals surface area (Å²) in [5, 5.41) is -0.176. The molecule has 1 aromatic carbocycles. The highest BCUT2D eigenvalue weighted by Crippen LogP contribution is 2.47. The van der Waals surface area contributed by atoms with E-state index >= 15 is 0 Å². The summed E-state index contributed by atoms with van der Waals surface area (Å²) in [5.41, 5.74) is 0. The predicted octanol–water partition coefficient (Wildman–Crippen LogP) is 2.01. The Bertz CT molecular complexity index is 337. The SMILES string of the molecule is O[P+](O)(O)c1ccc(Cl)c(Cl)c1Cl. The zero-order chi connectivity index (χ0) is 10.2. The summed E-state index contributed by atoms with van der Waals surface area (Å²) in [6.45, 7) is 0. The van der Waals surface area contributed by atoms with Crippen LogP contribution in [-0.4, -0.2) is 14.7 Å². The zero-order valence-electron chi connectivity index (χ0n) is 6.08. The maximum absolute atomic E-state index is 8.92. The average Bonchev–Trinajstić information content (AvgIpc) is 1.98. The molecule has 3 N–H and O–H groups in total.